The van der Waals surface area contributed by atoms with Gasteiger partial charge >= 0.3 is 0 Å². The van der Waals surface area contributed by atoms with E-state index in [9.17, 15) is 4.79 Å². The first-order valence-corrected chi connectivity index (χ1v) is 8.64. The van der Waals surface area contributed by atoms with Crippen molar-refractivity contribution in [2.45, 2.75) is 32.7 Å². The number of hydrogen-bond acceptors (Lipinski definition) is 4. The number of carbonyl (C=O) groups excluding carboxylic acids is 1. The second kappa shape index (κ2) is 7.66. The minimum atomic E-state index is -0.113. The van der Waals surface area contributed by atoms with E-state index in [-0.39, 0.29) is 5.91 Å². The maximum absolute atomic E-state index is 12.1. The zero-order valence-corrected chi connectivity index (χ0v) is 14.5. The molecule has 0 aromatic carbocycles. The molecule has 6 nitrogen and oxygen atoms in total. The zero-order chi connectivity index (χ0) is 16.9. The number of nitrogens with one attached hydrogen (secondary N) is 1. The molecule has 1 aliphatic rings. The lowest BCUT2D eigenvalue weighted by molar-refractivity contribution is 0.0917. The Hall–Kier alpha value is -2.08. The smallest absolute Gasteiger partial charge is 0.287 e. The Labute approximate surface area is 142 Å². The fraction of sp³-hybridized carbons (Fsp3) is 0.556. The molecule has 1 N–H and O–H groups in total. The molecule has 0 aliphatic carbocycles. The number of carbonyl (C=O) groups is 1. The minimum absolute atomic E-state index is 0.113. The summed E-state index contributed by atoms with van der Waals surface area (Å²) in [6, 6.07) is 1.81. The van der Waals surface area contributed by atoms with Crippen LogP contribution in [0.5, 0.6) is 0 Å². The number of hydrogen-bond donors (Lipinski definition) is 1. The average Bonchev–Trinajstić information content (AvgIpc) is 3.17. The summed E-state index contributed by atoms with van der Waals surface area (Å²) in [5, 5.41) is 2.98. The van der Waals surface area contributed by atoms with E-state index in [0.29, 0.717) is 18.2 Å². The fourth-order valence-corrected chi connectivity index (χ4v) is 3.35. The minimum Gasteiger partial charge on any atom is -0.459 e. The van der Waals surface area contributed by atoms with Crippen LogP contribution in [0.15, 0.2) is 29.1 Å². The molecule has 0 saturated carbocycles. The highest BCUT2D eigenvalue weighted by molar-refractivity contribution is 5.92. The van der Waals surface area contributed by atoms with Gasteiger partial charge < -0.3 is 14.3 Å². The molecule has 0 spiro atoms. The van der Waals surface area contributed by atoms with E-state index in [1.54, 1.807) is 6.26 Å². The number of likely N-dealkylation sites (tertiary alicyclic amines) is 1. The summed E-state index contributed by atoms with van der Waals surface area (Å²) in [6.45, 7) is 5.68. The molecule has 130 valence electrons. The Morgan fingerprint density at radius 2 is 2.38 bits per heavy atom. The molecule has 0 bridgehead atoms. The third kappa shape index (κ3) is 4.06. The van der Waals surface area contributed by atoms with Crippen LogP contribution in [0.1, 0.15) is 41.2 Å². The summed E-state index contributed by atoms with van der Waals surface area (Å²) in [6.07, 6.45) is 8.84. The van der Waals surface area contributed by atoms with Gasteiger partial charge in [0.25, 0.3) is 5.91 Å². The monoisotopic (exact) mass is 330 g/mol. The van der Waals surface area contributed by atoms with Gasteiger partial charge in [-0.3, -0.25) is 9.69 Å². The van der Waals surface area contributed by atoms with Gasteiger partial charge in [-0.2, -0.15) is 0 Å². The van der Waals surface area contributed by atoms with E-state index in [0.717, 1.165) is 37.4 Å². The standard InChI is InChI=1S/C18H26N4O2/c1-14-6-11-24-17(14)18(23)20-7-5-15-4-3-9-22(12-15)13-16-19-8-10-21(16)2/h6,8,10-11,15H,3-5,7,9,12-13H2,1-2H3,(H,20,23). The predicted octanol–water partition coefficient (Wildman–Crippen LogP) is 2.35. The van der Waals surface area contributed by atoms with Gasteiger partial charge in [-0.25, -0.2) is 4.98 Å². The first-order chi connectivity index (χ1) is 11.6. The molecule has 1 fully saturated rings. The summed E-state index contributed by atoms with van der Waals surface area (Å²) in [4.78, 5) is 18.9. The number of rotatable bonds is 6. The lowest BCUT2D eigenvalue weighted by Gasteiger charge is -2.32. The van der Waals surface area contributed by atoms with Crippen LogP contribution in [-0.2, 0) is 13.6 Å². The zero-order valence-electron chi connectivity index (χ0n) is 14.5. The van der Waals surface area contributed by atoms with Gasteiger partial charge in [0.1, 0.15) is 5.82 Å². The normalized spacial score (nSPS) is 18.7. The lowest BCUT2D eigenvalue weighted by Crippen LogP contribution is -2.37. The highest BCUT2D eigenvalue weighted by Gasteiger charge is 2.21. The number of imidazole rings is 1. The number of aromatic nitrogens is 2. The molecule has 0 radical (unpaired) electrons. The van der Waals surface area contributed by atoms with Crippen molar-refractivity contribution in [3.8, 4) is 0 Å². The Morgan fingerprint density at radius 3 is 3.08 bits per heavy atom. The van der Waals surface area contributed by atoms with E-state index in [1.807, 2.05) is 32.4 Å². The molecular weight excluding hydrogens is 304 g/mol. The van der Waals surface area contributed by atoms with Crippen LogP contribution < -0.4 is 5.32 Å². The fourth-order valence-electron chi connectivity index (χ4n) is 3.35. The van der Waals surface area contributed by atoms with Gasteiger partial charge in [-0.15, -0.1) is 0 Å². The van der Waals surface area contributed by atoms with E-state index >= 15 is 0 Å². The van der Waals surface area contributed by atoms with Crippen molar-refractivity contribution >= 4 is 5.91 Å². The van der Waals surface area contributed by atoms with Crippen LogP contribution in [0.3, 0.4) is 0 Å². The SMILES string of the molecule is Cc1ccoc1C(=O)NCCC1CCCN(Cc2nccn2C)C1. The Bertz CT molecular complexity index is 676. The molecule has 1 aliphatic heterocycles. The topological polar surface area (TPSA) is 63.3 Å². The molecular formula is C18H26N4O2. The van der Waals surface area contributed by atoms with Crippen LogP contribution in [0.4, 0.5) is 0 Å². The van der Waals surface area contributed by atoms with Gasteiger partial charge in [-0.05, 0) is 44.7 Å². The molecule has 1 unspecified atom stereocenters. The van der Waals surface area contributed by atoms with Gasteiger partial charge in [0.15, 0.2) is 5.76 Å². The summed E-state index contributed by atoms with van der Waals surface area (Å²) in [5.74, 6) is 2.04. The first kappa shape index (κ1) is 16.8. The Morgan fingerprint density at radius 1 is 1.50 bits per heavy atom. The van der Waals surface area contributed by atoms with Crippen molar-refractivity contribution in [3.05, 3.63) is 41.9 Å². The van der Waals surface area contributed by atoms with Crippen molar-refractivity contribution in [1.29, 1.82) is 0 Å². The van der Waals surface area contributed by atoms with Crippen LogP contribution in [-0.4, -0.2) is 40.0 Å². The number of furan rings is 1. The van der Waals surface area contributed by atoms with Crippen LogP contribution in [0.2, 0.25) is 0 Å². The highest BCUT2D eigenvalue weighted by atomic mass is 16.3. The van der Waals surface area contributed by atoms with Crippen molar-refractivity contribution in [3.63, 3.8) is 0 Å². The predicted molar refractivity (Wildman–Crippen MR) is 91.6 cm³/mol. The van der Waals surface area contributed by atoms with Crippen LogP contribution in [0, 0.1) is 12.8 Å². The number of nitrogens with zero attached hydrogens (tertiary/aromatic N) is 3. The Kier molecular flexibility index (Phi) is 5.35. The average molecular weight is 330 g/mol. The van der Waals surface area contributed by atoms with Gasteiger partial charge in [0, 0.05) is 38.1 Å². The summed E-state index contributed by atoms with van der Waals surface area (Å²) in [5.41, 5.74) is 0.881. The maximum atomic E-state index is 12.1. The molecule has 3 heterocycles. The third-order valence-electron chi connectivity index (χ3n) is 4.80. The van der Waals surface area contributed by atoms with Crippen molar-refractivity contribution in [1.82, 2.24) is 19.8 Å². The van der Waals surface area contributed by atoms with Gasteiger partial charge in [-0.1, -0.05) is 0 Å². The summed E-state index contributed by atoms with van der Waals surface area (Å²) >= 11 is 0. The van der Waals surface area contributed by atoms with Crippen LogP contribution >= 0.6 is 0 Å². The molecule has 2 aromatic heterocycles. The lowest BCUT2D eigenvalue weighted by atomic mass is 9.95. The van der Waals surface area contributed by atoms with E-state index in [2.05, 4.69) is 19.8 Å². The van der Waals surface area contributed by atoms with Crippen molar-refractivity contribution in [2.24, 2.45) is 13.0 Å². The van der Waals surface area contributed by atoms with Gasteiger partial charge in [0.2, 0.25) is 0 Å². The van der Waals surface area contributed by atoms with Crippen molar-refractivity contribution in [2.75, 3.05) is 19.6 Å². The second-order valence-electron chi connectivity index (χ2n) is 6.68. The summed E-state index contributed by atoms with van der Waals surface area (Å²) in [7, 11) is 2.04. The molecule has 1 atom stereocenters. The molecule has 6 heteroatoms. The molecule has 1 saturated heterocycles. The molecule has 3 rings (SSSR count). The molecule has 24 heavy (non-hydrogen) atoms. The quantitative estimate of drug-likeness (QED) is 0.883. The van der Waals surface area contributed by atoms with Crippen LogP contribution in [0.25, 0.3) is 0 Å². The summed E-state index contributed by atoms with van der Waals surface area (Å²) < 4.78 is 7.30. The van der Waals surface area contributed by atoms with Crippen molar-refractivity contribution < 1.29 is 9.21 Å². The Balaban J connectivity index is 1.43. The maximum Gasteiger partial charge on any atom is 0.287 e. The van der Waals surface area contributed by atoms with Gasteiger partial charge in [0.05, 0.1) is 12.8 Å². The largest absolute Gasteiger partial charge is 0.459 e. The second-order valence-corrected chi connectivity index (χ2v) is 6.68. The number of aryl methyl sites for hydroxylation is 2. The first-order valence-electron chi connectivity index (χ1n) is 8.64. The molecule has 2 aromatic rings. The van der Waals surface area contributed by atoms with E-state index < -0.39 is 0 Å². The number of piperidine rings is 1. The third-order valence-corrected chi connectivity index (χ3v) is 4.80. The highest BCUT2D eigenvalue weighted by Crippen LogP contribution is 2.20. The van der Waals surface area contributed by atoms with E-state index in [4.69, 9.17) is 4.42 Å². The number of amides is 1. The van der Waals surface area contributed by atoms with E-state index in [1.165, 1.54) is 12.8 Å². The molecule has 1 amide bonds.